The first-order valence-electron chi connectivity index (χ1n) is 7.69. The minimum absolute atomic E-state index is 0.0620. The van der Waals surface area contributed by atoms with Gasteiger partial charge in [0.2, 0.25) is 5.91 Å². The number of thioether (sulfide) groups is 1. The van der Waals surface area contributed by atoms with Gasteiger partial charge in [-0.05, 0) is 41.5 Å². The maximum absolute atomic E-state index is 12.3. The van der Waals surface area contributed by atoms with Crippen LogP contribution in [0.5, 0.6) is 0 Å². The van der Waals surface area contributed by atoms with Crippen LogP contribution in [-0.4, -0.2) is 11.2 Å². The quantitative estimate of drug-likeness (QED) is 0.694. The summed E-state index contributed by atoms with van der Waals surface area (Å²) < 4.78 is 0. The van der Waals surface area contributed by atoms with Crippen LogP contribution in [0.15, 0.2) is 77.7 Å². The van der Waals surface area contributed by atoms with Gasteiger partial charge in [-0.1, -0.05) is 54.6 Å². The summed E-state index contributed by atoms with van der Waals surface area (Å²) in [4.78, 5) is 13.4. The molecule has 1 unspecified atom stereocenters. The third-order valence-corrected chi connectivity index (χ3v) is 4.82. The lowest BCUT2D eigenvalue weighted by Crippen LogP contribution is -2.30. The molecular formula is C20H19NOS. The molecule has 2 nitrogen and oxygen atoms in total. The Balaban J connectivity index is 1.59. The number of hydrogen-bond donors (Lipinski definition) is 1. The van der Waals surface area contributed by atoms with Crippen LogP contribution in [0, 0.1) is 0 Å². The molecule has 116 valence electrons. The van der Waals surface area contributed by atoms with Crippen molar-refractivity contribution in [2.24, 2.45) is 0 Å². The molecule has 0 bridgehead atoms. The van der Waals surface area contributed by atoms with Crippen molar-refractivity contribution in [3.63, 3.8) is 0 Å². The number of rotatable bonds is 5. The Labute approximate surface area is 140 Å². The van der Waals surface area contributed by atoms with Crippen molar-refractivity contribution in [3.05, 3.63) is 78.4 Å². The van der Waals surface area contributed by atoms with Crippen molar-refractivity contribution in [2.75, 3.05) is 0 Å². The van der Waals surface area contributed by atoms with Gasteiger partial charge in [-0.3, -0.25) is 4.79 Å². The number of benzene rings is 3. The number of carbonyl (C=O) groups excluding carboxylic acids is 1. The fourth-order valence-electron chi connectivity index (χ4n) is 2.44. The Hall–Kier alpha value is -2.26. The fraction of sp³-hybridized carbons (Fsp3) is 0.150. The van der Waals surface area contributed by atoms with E-state index in [4.69, 9.17) is 0 Å². The second-order valence-corrected chi connectivity index (χ2v) is 6.89. The van der Waals surface area contributed by atoms with Crippen molar-refractivity contribution in [3.8, 4) is 0 Å². The molecule has 1 atom stereocenters. The third-order valence-electron chi connectivity index (χ3n) is 3.71. The van der Waals surface area contributed by atoms with E-state index in [9.17, 15) is 4.79 Å². The molecule has 1 amide bonds. The maximum Gasteiger partial charge on any atom is 0.233 e. The van der Waals surface area contributed by atoms with Crippen LogP contribution in [-0.2, 0) is 11.3 Å². The Morgan fingerprint density at radius 1 is 0.957 bits per heavy atom. The molecule has 3 aromatic carbocycles. The molecule has 0 aliphatic rings. The van der Waals surface area contributed by atoms with E-state index in [1.807, 2.05) is 49.4 Å². The van der Waals surface area contributed by atoms with Crippen LogP contribution in [0.2, 0.25) is 0 Å². The summed E-state index contributed by atoms with van der Waals surface area (Å²) in [5, 5.41) is 5.33. The first kappa shape index (κ1) is 15.6. The number of nitrogens with one attached hydrogen (secondary N) is 1. The number of amides is 1. The van der Waals surface area contributed by atoms with E-state index in [2.05, 4.69) is 35.6 Å². The molecule has 0 saturated heterocycles. The number of carbonyl (C=O) groups is 1. The molecule has 0 radical (unpaired) electrons. The Kier molecular flexibility index (Phi) is 4.99. The minimum atomic E-state index is -0.113. The zero-order chi connectivity index (χ0) is 16.1. The first-order chi connectivity index (χ1) is 11.2. The van der Waals surface area contributed by atoms with Crippen LogP contribution in [0.1, 0.15) is 12.5 Å². The van der Waals surface area contributed by atoms with Gasteiger partial charge in [-0.25, -0.2) is 0 Å². The van der Waals surface area contributed by atoms with Gasteiger partial charge in [-0.2, -0.15) is 0 Å². The average Bonchev–Trinajstić information content (AvgIpc) is 2.60. The molecule has 0 aromatic heterocycles. The van der Waals surface area contributed by atoms with Gasteiger partial charge < -0.3 is 5.32 Å². The van der Waals surface area contributed by atoms with Crippen LogP contribution in [0.4, 0.5) is 0 Å². The molecule has 0 aliphatic carbocycles. The molecule has 0 aliphatic heterocycles. The molecular weight excluding hydrogens is 302 g/mol. The van der Waals surface area contributed by atoms with E-state index in [0.717, 1.165) is 10.5 Å². The molecule has 3 aromatic rings. The average molecular weight is 321 g/mol. The van der Waals surface area contributed by atoms with E-state index in [-0.39, 0.29) is 11.2 Å². The van der Waals surface area contributed by atoms with Gasteiger partial charge in [0.15, 0.2) is 0 Å². The molecule has 3 rings (SSSR count). The molecule has 0 saturated carbocycles. The molecule has 0 spiro atoms. The SMILES string of the molecule is CC(Sc1ccccc1)C(=O)NCc1ccc2ccccc2c1. The van der Waals surface area contributed by atoms with Crippen molar-refractivity contribution < 1.29 is 4.79 Å². The summed E-state index contributed by atoms with van der Waals surface area (Å²) in [6.45, 7) is 2.50. The summed E-state index contributed by atoms with van der Waals surface area (Å²) in [5.41, 5.74) is 1.12. The zero-order valence-corrected chi connectivity index (χ0v) is 13.8. The zero-order valence-electron chi connectivity index (χ0n) is 13.0. The van der Waals surface area contributed by atoms with Crippen LogP contribution in [0.3, 0.4) is 0 Å². The topological polar surface area (TPSA) is 29.1 Å². The highest BCUT2D eigenvalue weighted by Crippen LogP contribution is 2.22. The second-order valence-electron chi connectivity index (χ2n) is 5.47. The molecule has 0 heterocycles. The normalized spacial score (nSPS) is 12.0. The Morgan fingerprint density at radius 3 is 2.43 bits per heavy atom. The van der Waals surface area contributed by atoms with E-state index in [1.165, 1.54) is 10.8 Å². The lowest BCUT2D eigenvalue weighted by molar-refractivity contribution is -0.120. The minimum Gasteiger partial charge on any atom is -0.351 e. The Morgan fingerprint density at radius 2 is 1.65 bits per heavy atom. The highest BCUT2D eigenvalue weighted by Gasteiger charge is 2.13. The third kappa shape index (κ3) is 4.14. The van der Waals surface area contributed by atoms with Gasteiger partial charge >= 0.3 is 0 Å². The van der Waals surface area contributed by atoms with E-state index >= 15 is 0 Å². The van der Waals surface area contributed by atoms with Crippen molar-refractivity contribution >= 4 is 28.4 Å². The highest BCUT2D eigenvalue weighted by molar-refractivity contribution is 8.00. The Bertz CT molecular complexity index is 801. The largest absolute Gasteiger partial charge is 0.351 e. The van der Waals surface area contributed by atoms with Crippen molar-refractivity contribution in [1.82, 2.24) is 5.32 Å². The lowest BCUT2D eigenvalue weighted by Gasteiger charge is -2.12. The second kappa shape index (κ2) is 7.34. The molecule has 23 heavy (non-hydrogen) atoms. The van der Waals surface area contributed by atoms with Gasteiger partial charge in [0, 0.05) is 11.4 Å². The predicted octanol–water partition coefficient (Wildman–Crippen LogP) is 4.64. The molecule has 3 heteroatoms. The first-order valence-corrected chi connectivity index (χ1v) is 8.57. The standard InChI is InChI=1S/C20H19NOS/c1-15(23-19-9-3-2-4-10-19)20(22)21-14-16-11-12-17-7-5-6-8-18(17)13-16/h2-13,15H,14H2,1H3,(H,21,22). The van der Waals surface area contributed by atoms with Gasteiger partial charge in [0.25, 0.3) is 0 Å². The van der Waals surface area contributed by atoms with Gasteiger partial charge in [-0.15, -0.1) is 11.8 Å². The molecule has 1 N–H and O–H groups in total. The van der Waals surface area contributed by atoms with Crippen LogP contribution < -0.4 is 5.32 Å². The van der Waals surface area contributed by atoms with Gasteiger partial charge in [0.1, 0.15) is 0 Å². The van der Waals surface area contributed by atoms with Crippen LogP contribution >= 0.6 is 11.8 Å². The molecule has 0 fully saturated rings. The summed E-state index contributed by atoms with van der Waals surface area (Å²) in [6, 6.07) is 24.6. The summed E-state index contributed by atoms with van der Waals surface area (Å²) in [7, 11) is 0. The summed E-state index contributed by atoms with van der Waals surface area (Å²) in [6.07, 6.45) is 0. The maximum atomic E-state index is 12.3. The predicted molar refractivity (Wildman–Crippen MR) is 97.6 cm³/mol. The summed E-state index contributed by atoms with van der Waals surface area (Å²) >= 11 is 1.58. The van der Waals surface area contributed by atoms with E-state index in [0.29, 0.717) is 6.54 Å². The lowest BCUT2D eigenvalue weighted by atomic mass is 10.1. The van der Waals surface area contributed by atoms with Crippen molar-refractivity contribution in [1.29, 1.82) is 0 Å². The highest BCUT2D eigenvalue weighted by atomic mass is 32.2. The summed E-state index contributed by atoms with van der Waals surface area (Å²) in [5.74, 6) is 0.0620. The fourth-order valence-corrected chi connectivity index (χ4v) is 3.35. The smallest absolute Gasteiger partial charge is 0.233 e. The van der Waals surface area contributed by atoms with E-state index in [1.54, 1.807) is 11.8 Å². The van der Waals surface area contributed by atoms with Gasteiger partial charge in [0.05, 0.1) is 5.25 Å². The number of fused-ring (bicyclic) bond motifs is 1. The number of hydrogen-bond acceptors (Lipinski definition) is 2. The van der Waals surface area contributed by atoms with Crippen LogP contribution in [0.25, 0.3) is 10.8 Å². The van der Waals surface area contributed by atoms with E-state index < -0.39 is 0 Å². The monoisotopic (exact) mass is 321 g/mol. The van der Waals surface area contributed by atoms with Crippen molar-refractivity contribution in [2.45, 2.75) is 23.6 Å².